The van der Waals surface area contributed by atoms with E-state index in [1.54, 1.807) is 29.6 Å². The number of aromatic nitrogens is 1. The van der Waals surface area contributed by atoms with Crippen LogP contribution in [0.2, 0.25) is 0 Å². The van der Waals surface area contributed by atoms with Crippen LogP contribution in [0.3, 0.4) is 0 Å². The Morgan fingerprint density at radius 2 is 1.71 bits per heavy atom. The maximum absolute atomic E-state index is 11.7. The van der Waals surface area contributed by atoms with Gasteiger partial charge in [0.05, 0.1) is 17.0 Å². The number of hydrogen-bond donors (Lipinski definition) is 1. The summed E-state index contributed by atoms with van der Waals surface area (Å²) < 4.78 is 25.4. The topological polar surface area (TPSA) is 76.4 Å². The van der Waals surface area contributed by atoms with Gasteiger partial charge in [0.2, 0.25) is 0 Å². The van der Waals surface area contributed by atoms with Crippen molar-refractivity contribution in [2.24, 2.45) is 0 Å². The first-order valence-electron chi connectivity index (χ1n) is 8.50. The molecule has 0 atom stereocenters. The zero-order valence-electron chi connectivity index (χ0n) is 15.4. The van der Waals surface area contributed by atoms with Gasteiger partial charge >= 0.3 is 5.97 Å². The van der Waals surface area contributed by atoms with Crippen LogP contribution < -0.4 is 0 Å². The van der Waals surface area contributed by atoms with Crippen molar-refractivity contribution in [3.8, 4) is 16.9 Å². The van der Waals surface area contributed by atoms with Crippen molar-refractivity contribution >= 4 is 33.4 Å². The van der Waals surface area contributed by atoms with Gasteiger partial charge in [-0.3, -0.25) is 4.79 Å². The minimum absolute atomic E-state index is 0.0920. The highest BCUT2D eigenvalue weighted by atomic mass is 32.2. The summed E-state index contributed by atoms with van der Waals surface area (Å²) in [6, 6.07) is 16.1. The van der Waals surface area contributed by atoms with Gasteiger partial charge in [0, 0.05) is 23.0 Å². The molecular weight excluding hydrogens is 394 g/mol. The molecule has 3 rings (SSSR count). The van der Waals surface area contributed by atoms with E-state index in [0.717, 1.165) is 34.5 Å². The lowest BCUT2D eigenvalue weighted by atomic mass is 10.1. The number of thiocarbonyl (C=S) groups is 1. The van der Waals surface area contributed by atoms with Crippen LogP contribution in [0, 0.1) is 6.92 Å². The molecule has 0 saturated heterocycles. The lowest BCUT2D eigenvalue weighted by molar-refractivity contribution is -0.136. The molecule has 2 aromatic carbocycles. The number of carbonyl (C=O) groups is 1. The Hall–Kier alpha value is -2.77. The summed E-state index contributed by atoms with van der Waals surface area (Å²) in [6.07, 6.45) is 1.07. The molecular formula is C21H19NO4S2. The number of rotatable bonds is 6. The van der Waals surface area contributed by atoms with Crippen LogP contribution in [-0.2, 0) is 21.1 Å². The molecule has 7 heteroatoms. The van der Waals surface area contributed by atoms with Gasteiger partial charge in [-0.25, -0.2) is 8.42 Å². The smallest absolute Gasteiger partial charge is 0.307 e. The van der Waals surface area contributed by atoms with Crippen LogP contribution in [0.4, 0.5) is 0 Å². The Balaban J connectivity index is 2.18. The standard InChI is InChI=1S/C21H19NO4S2/c1-14-17(12-21(23)24)11-20(16-5-9-19(10-6-16)28(2,25)26)22(14)18-7-3-15(13-27)4-8-18/h3-11,13H,12H2,1-2H3,(H,23,24). The number of carboxylic acid groups (broad SMARTS) is 1. The molecule has 0 spiro atoms. The monoisotopic (exact) mass is 413 g/mol. The second-order valence-corrected chi connectivity index (χ2v) is 8.80. The third-order valence-corrected chi connectivity index (χ3v) is 5.96. The van der Waals surface area contributed by atoms with E-state index < -0.39 is 15.8 Å². The maximum Gasteiger partial charge on any atom is 0.307 e. The molecule has 0 unspecified atom stereocenters. The van der Waals surface area contributed by atoms with Gasteiger partial charge < -0.3 is 9.67 Å². The Bertz CT molecular complexity index is 1140. The quantitative estimate of drug-likeness (QED) is 0.622. The first kappa shape index (κ1) is 20.0. The normalized spacial score (nSPS) is 11.4. The van der Waals surface area contributed by atoms with Gasteiger partial charge in [0.15, 0.2) is 9.84 Å². The van der Waals surface area contributed by atoms with Crippen molar-refractivity contribution in [1.82, 2.24) is 4.57 Å². The van der Waals surface area contributed by atoms with Crippen molar-refractivity contribution in [1.29, 1.82) is 0 Å². The largest absolute Gasteiger partial charge is 0.481 e. The number of benzene rings is 2. The minimum atomic E-state index is -3.29. The van der Waals surface area contributed by atoms with E-state index in [0.29, 0.717) is 5.56 Å². The van der Waals surface area contributed by atoms with E-state index in [1.165, 1.54) is 0 Å². The van der Waals surface area contributed by atoms with Gasteiger partial charge in [0.1, 0.15) is 0 Å². The van der Waals surface area contributed by atoms with Crippen molar-refractivity contribution in [3.05, 3.63) is 71.4 Å². The van der Waals surface area contributed by atoms with Crippen LogP contribution in [-0.4, -0.2) is 35.7 Å². The van der Waals surface area contributed by atoms with Gasteiger partial charge in [0.25, 0.3) is 0 Å². The fourth-order valence-corrected chi connectivity index (χ4v) is 3.91. The summed E-state index contributed by atoms with van der Waals surface area (Å²) in [7, 11) is -3.29. The van der Waals surface area contributed by atoms with E-state index in [2.05, 4.69) is 0 Å². The number of nitrogens with zero attached hydrogens (tertiary/aromatic N) is 1. The van der Waals surface area contributed by atoms with E-state index in [-0.39, 0.29) is 11.3 Å². The van der Waals surface area contributed by atoms with Crippen LogP contribution in [0.5, 0.6) is 0 Å². The predicted molar refractivity (Wildman–Crippen MR) is 113 cm³/mol. The number of hydrogen-bond acceptors (Lipinski definition) is 4. The molecule has 144 valence electrons. The highest BCUT2D eigenvalue weighted by Gasteiger charge is 2.17. The molecule has 28 heavy (non-hydrogen) atoms. The number of sulfone groups is 1. The van der Waals surface area contributed by atoms with E-state index >= 15 is 0 Å². The maximum atomic E-state index is 11.7. The van der Waals surface area contributed by atoms with Crippen molar-refractivity contribution in [2.75, 3.05) is 6.26 Å². The fourth-order valence-electron chi connectivity index (χ4n) is 3.12. The lowest BCUT2D eigenvalue weighted by Crippen LogP contribution is -2.03. The van der Waals surface area contributed by atoms with Gasteiger partial charge in [-0.05, 0) is 53.9 Å². The summed E-state index contributed by atoms with van der Waals surface area (Å²) in [5.41, 5.74) is 4.90. The highest BCUT2D eigenvalue weighted by molar-refractivity contribution is 7.90. The Labute approximate surface area is 169 Å². The zero-order valence-corrected chi connectivity index (χ0v) is 17.0. The van der Waals surface area contributed by atoms with Crippen LogP contribution in [0.15, 0.2) is 59.5 Å². The van der Waals surface area contributed by atoms with Crippen LogP contribution >= 0.6 is 12.2 Å². The molecule has 0 aliphatic carbocycles. The molecule has 0 radical (unpaired) electrons. The van der Waals surface area contributed by atoms with Gasteiger partial charge in [-0.1, -0.05) is 36.5 Å². The van der Waals surface area contributed by atoms with Crippen LogP contribution in [0.1, 0.15) is 16.8 Å². The number of carboxylic acids is 1. The Morgan fingerprint density at radius 3 is 2.21 bits per heavy atom. The molecule has 1 aromatic heterocycles. The fraction of sp³-hybridized carbons (Fsp3) is 0.143. The molecule has 0 bridgehead atoms. The third-order valence-electron chi connectivity index (χ3n) is 4.56. The molecule has 0 fully saturated rings. The average Bonchev–Trinajstić information content (AvgIpc) is 2.97. The summed E-state index contributed by atoms with van der Waals surface area (Å²) in [4.78, 5) is 11.5. The first-order chi connectivity index (χ1) is 13.2. The summed E-state index contributed by atoms with van der Waals surface area (Å²) >= 11 is 4.95. The molecule has 0 aliphatic heterocycles. The van der Waals surface area contributed by atoms with Crippen molar-refractivity contribution in [2.45, 2.75) is 18.2 Å². The van der Waals surface area contributed by atoms with E-state index in [1.807, 2.05) is 41.8 Å². The minimum Gasteiger partial charge on any atom is -0.481 e. The third kappa shape index (κ3) is 4.05. The molecule has 5 nitrogen and oxygen atoms in total. The van der Waals surface area contributed by atoms with Gasteiger partial charge in [-0.15, -0.1) is 0 Å². The van der Waals surface area contributed by atoms with Crippen molar-refractivity contribution < 1.29 is 18.3 Å². The SMILES string of the molecule is Cc1c(CC(=O)O)cc(-c2ccc(S(C)(=O)=O)cc2)n1-c1ccc(C=S)cc1. The highest BCUT2D eigenvalue weighted by Crippen LogP contribution is 2.30. The Kier molecular flexibility index (Phi) is 5.49. The van der Waals surface area contributed by atoms with E-state index in [9.17, 15) is 18.3 Å². The molecule has 3 aromatic rings. The van der Waals surface area contributed by atoms with E-state index in [4.69, 9.17) is 12.2 Å². The molecule has 0 aliphatic rings. The molecule has 0 amide bonds. The lowest BCUT2D eigenvalue weighted by Gasteiger charge is -2.13. The summed E-state index contributed by atoms with van der Waals surface area (Å²) in [5, 5.41) is 10.8. The summed E-state index contributed by atoms with van der Waals surface area (Å²) in [5.74, 6) is -0.907. The average molecular weight is 414 g/mol. The Morgan fingerprint density at radius 1 is 1.11 bits per heavy atom. The summed E-state index contributed by atoms with van der Waals surface area (Å²) in [6.45, 7) is 1.87. The van der Waals surface area contributed by atoms with Crippen LogP contribution in [0.25, 0.3) is 16.9 Å². The second kappa shape index (κ2) is 7.69. The molecule has 1 heterocycles. The second-order valence-electron chi connectivity index (χ2n) is 6.55. The van der Waals surface area contributed by atoms with Gasteiger partial charge in [-0.2, -0.15) is 0 Å². The molecule has 0 saturated carbocycles. The zero-order chi connectivity index (χ0) is 20.5. The number of aliphatic carboxylic acids is 1. The predicted octanol–water partition coefficient (Wildman–Crippen LogP) is 3.83. The van der Waals surface area contributed by atoms with Crippen molar-refractivity contribution in [3.63, 3.8) is 0 Å². The first-order valence-corrected chi connectivity index (χ1v) is 10.9. The molecule has 1 N–H and O–H groups in total.